The Balaban J connectivity index is 1.84. The second-order valence-electron chi connectivity index (χ2n) is 7.63. The standard InChI is InChI=1S/C26H25Cl3N2O2S/c1-30-26(33)24(14-18-8-3-2-4-9-18)31(15-19-10-5-6-11-21(19)27)25(32)17-34-16-20-22(28)12-7-13-23(20)29/h2-13,24H,14-17H2,1H3,(H,30,33)/t24-/m1/s1. The topological polar surface area (TPSA) is 49.4 Å². The summed E-state index contributed by atoms with van der Waals surface area (Å²) in [7, 11) is 1.58. The normalized spacial score (nSPS) is 11.6. The van der Waals surface area contributed by atoms with E-state index < -0.39 is 6.04 Å². The van der Waals surface area contributed by atoms with Crippen LogP contribution in [-0.4, -0.2) is 35.6 Å². The number of halogens is 3. The molecule has 0 spiro atoms. The van der Waals surface area contributed by atoms with Crippen molar-refractivity contribution in [1.82, 2.24) is 10.2 Å². The highest BCUT2D eigenvalue weighted by molar-refractivity contribution is 7.99. The van der Waals surface area contributed by atoms with Crippen molar-refractivity contribution >= 4 is 58.4 Å². The molecule has 0 bridgehead atoms. The maximum atomic E-state index is 13.5. The molecular formula is C26H25Cl3N2O2S. The molecule has 8 heteroatoms. The molecule has 34 heavy (non-hydrogen) atoms. The van der Waals surface area contributed by atoms with Gasteiger partial charge in [-0.1, -0.05) is 89.4 Å². The number of hydrogen-bond acceptors (Lipinski definition) is 3. The molecule has 0 aliphatic rings. The van der Waals surface area contributed by atoms with E-state index in [1.165, 1.54) is 11.8 Å². The van der Waals surface area contributed by atoms with Crippen molar-refractivity contribution in [2.24, 2.45) is 0 Å². The molecule has 0 heterocycles. The van der Waals surface area contributed by atoms with Crippen LogP contribution in [0.5, 0.6) is 0 Å². The second-order valence-corrected chi connectivity index (χ2v) is 9.83. The van der Waals surface area contributed by atoms with Crippen LogP contribution in [0.3, 0.4) is 0 Å². The molecule has 3 aromatic carbocycles. The molecule has 0 saturated heterocycles. The summed E-state index contributed by atoms with van der Waals surface area (Å²) >= 11 is 20.3. The van der Waals surface area contributed by atoms with Gasteiger partial charge >= 0.3 is 0 Å². The van der Waals surface area contributed by atoms with Crippen LogP contribution >= 0.6 is 46.6 Å². The number of thioether (sulfide) groups is 1. The third kappa shape index (κ3) is 7.16. The highest BCUT2D eigenvalue weighted by atomic mass is 35.5. The molecule has 0 fully saturated rings. The van der Waals surface area contributed by atoms with E-state index in [0.29, 0.717) is 27.2 Å². The van der Waals surface area contributed by atoms with Crippen LogP contribution in [0.25, 0.3) is 0 Å². The smallest absolute Gasteiger partial charge is 0.242 e. The van der Waals surface area contributed by atoms with Gasteiger partial charge in [-0.25, -0.2) is 0 Å². The Kier molecular flexibility index (Phi) is 10.1. The molecule has 3 rings (SSSR count). The van der Waals surface area contributed by atoms with Crippen LogP contribution in [-0.2, 0) is 28.3 Å². The zero-order valence-corrected chi connectivity index (χ0v) is 21.7. The SMILES string of the molecule is CNC(=O)[C@@H](Cc1ccccc1)N(Cc1ccccc1Cl)C(=O)CSCc1c(Cl)cccc1Cl. The Morgan fingerprint density at radius 2 is 1.50 bits per heavy atom. The number of nitrogens with zero attached hydrogens (tertiary/aromatic N) is 1. The second kappa shape index (κ2) is 13.1. The number of likely N-dealkylation sites (N-methyl/N-ethyl adjacent to an activating group) is 1. The Hall–Kier alpha value is -2.18. The van der Waals surface area contributed by atoms with E-state index in [1.54, 1.807) is 36.2 Å². The van der Waals surface area contributed by atoms with Gasteiger partial charge < -0.3 is 10.2 Å². The summed E-state index contributed by atoms with van der Waals surface area (Å²) in [5, 5.41) is 4.38. The van der Waals surface area contributed by atoms with Crippen molar-refractivity contribution < 1.29 is 9.59 Å². The van der Waals surface area contributed by atoms with Gasteiger partial charge in [-0.2, -0.15) is 0 Å². The predicted octanol–water partition coefficient (Wildman–Crippen LogP) is 6.27. The molecule has 1 atom stereocenters. The maximum Gasteiger partial charge on any atom is 0.242 e. The Morgan fingerprint density at radius 3 is 2.15 bits per heavy atom. The van der Waals surface area contributed by atoms with Crippen molar-refractivity contribution in [2.45, 2.75) is 24.8 Å². The first kappa shape index (κ1) is 26.4. The first-order chi connectivity index (χ1) is 16.4. The van der Waals surface area contributed by atoms with E-state index in [1.807, 2.05) is 48.5 Å². The number of amides is 2. The van der Waals surface area contributed by atoms with Crippen LogP contribution in [0.2, 0.25) is 15.1 Å². The molecule has 0 unspecified atom stereocenters. The van der Waals surface area contributed by atoms with Gasteiger partial charge in [0.2, 0.25) is 11.8 Å². The lowest BCUT2D eigenvalue weighted by molar-refractivity contribution is -0.139. The van der Waals surface area contributed by atoms with Crippen LogP contribution in [0.15, 0.2) is 72.8 Å². The fourth-order valence-corrected chi connectivity index (χ4v) is 5.37. The first-order valence-corrected chi connectivity index (χ1v) is 13.0. The third-order valence-corrected chi connectivity index (χ3v) is 7.37. The van der Waals surface area contributed by atoms with Crippen LogP contribution < -0.4 is 5.32 Å². The Bertz CT molecular complexity index is 1110. The zero-order chi connectivity index (χ0) is 24.5. The molecule has 4 nitrogen and oxygen atoms in total. The minimum absolute atomic E-state index is 0.161. The quantitative estimate of drug-likeness (QED) is 0.333. The summed E-state index contributed by atoms with van der Waals surface area (Å²) in [5.41, 5.74) is 2.52. The van der Waals surface area contributed by atoms with Crippen LogP contribution in [0.4, 0.5) is 0 Å². The van der Waals surface area contributed by atoms with E-state index in [4.69, 9.17) is 34.8 Å². The predicted molar refractivity (Wildman–Crippen MR) is 143 cm³/mol. The van der Waals surface area contributed by atoms with Gasteiger partial charge in [0.05, 0.1) is 5.75 Å². The lowest BCUT2D eigenvalue weighted by atomic mass is 10.0. The van der Waals surface area contributed by atoms with Crippen molar-refractivity contribution in [3.8, 4) is 0 Å². The molecular weight excluding hydrogens is 511 g/mol. The van der Waals surface area contributed by atoms with E-state index >= 15 is 0 Å². The summed E-state index contributed by atoms with van der Waals surface area (Å²) in [6.07, 6.45) is 0.387. The van der Waals surface area contributed by atoms with E-state index in [-0.39, 0.29) is 24.1 Å². The van der Waals surface area contributed by atoms with Crippen molar-refractivity contribution in [3.05, 3.63) is 105 Å². The first-order valence-electron chi connectivity index (χ1n) is 10.7. The van der Waals surface area contributed by atoms with Crippen molar-refractivity contribution in [3.63, 3.8) is 0 Å². The lowest BCUT2D eigenvalue weighted by Crippen LogP contribution is -2.50. The minimum atomic E-state index is -0.694. The monoisotopic (exact) mass is 534 g/mol. The number of carbonyl (C=O) groups excluding carboxylic acids is 2. The zero-order valence-electron chi connectivity index (χ0n) is 18.6. The molecule has 0 radical (unpaired) electrons. The fourth-order valence-electron chi connectivity index (χ4n) is 3.52. The van der Waals surface area contributed by atoms with Gasteiger partial charge in [0, 0.05) is 40.8 Å². The van der Waals surface area contributed by atoms with Gasteiger partial charge in [0.1, 0.15) is 6.04 Å². The van der Waals surface area contributed by atoms with E-state index in [2.05, 4.69) is 5.32 Å². The van der Waals surface area contributed by atoms with Gasteiger partial charge in [-0.05, 0) is 34.9 Å². The molecule has 178 valence electrons. The van der Waals surface area contributed by atoms with Gasteiger partial charge in [0.15, 0.2) is 0 Å². The Morgan fingerprint density at radius 1 is 0.882 bits per heavy atom. The number of nitrogens with one attached hydrogen (secondary N) is 1. The molecule has 0 saturated carbocycles. The summed E-state index contributed by atoms with van der Waals surface area (Å²) in [5.74, 6) is 0.239. The third-order valence-electron chi connectivity index (χ3n) is 5.35. The van der Waals surface area contributed by atoms with E-state index in [0.717, 1.165) is 16.7 Å². The highest BCUT2D eigenvalue weighted by Gasteiger charge is 2.30. The van der Waals surface area contributed by atoms with Gasteiger partial charge in [-0.15, -0.1) is 11.8 Å². The number of carbonyl (C=O) groups is 2. The molecule has 1 N–H and O–H groups in total. The summed E-state index contributed by atoms with van der Waals surface area (Å²) in [6.45, 7) is 0.219. The van der Waals surface area contributed by atoms with Crippen molar-refractivity contribution in [2.75, 3.05) is 12.8 Å². The number of rotatable bonds is 10. The highest BCUT2D eigenvalue weighted by Crippen LogP contribution is 2.29. The molecule has 0 aliphatic heterocycles. The van der Waals surface area contributed by atoms with Crippen LogP contribution in [0, 0.1) is 0 Å². The molecule has 2 amide bonds. The summed E-state index contributed by atoms with van der Waals surface area (Å²) < 4.78 is 0. The van der Waals surface area contributed by atoms with E-state index in [9.17, 15) is 9.59 Å². The average molecular weight is 536 g/mol. The Labute approximate surface area is 219 Å². The molecule has 0 aliphatic carbocycles. The van der Waals surface area contributed by atoms with Gasteiger partial charge in [-0.3, -0.25) is 9.59 Å². The number of hydrogen-bond donors (Lipinski definition) is 1. The van der Waals surface area contributed by atoms with Crippen LogP contribution in [0.1, 0.15) is 16.7 Å². The fraction of sp³-hybridized carbons (Fsp3) is 0.231. The largest absolute Gasteiger partial charge is 0.357 e. The molecule has 3 aromatic rings. The summed E-state index contributed by atoms with van der Waals surface area (Å²) in [4.78, 5) is 28.0. The number of benzene rings is 3. The minimum Gasteiger partial charge on any atom is -0.357 e. The summed E-state index contributed by atoms with van der Waals surface area (Å²) in [6, 6.07) is 21.6. The average Bonchev–Trinajstić information content (AvgIpc) is 2.84. The molecule has 0 aromatic heterocycles. The van der Waals surface area contributed by atoms with Gasteiger partial charge in [0.25, 0.3) is 0 Å². The van der Waals surface area contributed by atoms with Crippen molar-refractivity contribution in [1.29, 1.82) is 0 Å². The maximum absolute atomic E-state index is 13.5. The lowest BCUT2D eigenvalue weighted by Gasteiger charge is -2.31.